The Balaban J connectivity index is 1.31. The molecule has 0 saturated carbocycles. The fraction of sp³-hybridized carbons (Fsp3) is 0.348. The highest BCUT2D eigenvalue weighted by molar-refractivity contribution is 5.69. The van der Waals surface area contributed by atoms with Crippen LogP contribution in [-0.2, 0) is 4.79 Å². The summed E-state index contributed by atoms with van der Waals surface area (Å²) in [5, 5.41) is 13.2. The van der Waals surface area contributed by atoms with E-state index in [-0.39, 0.29) is 5.92 Å². The highest BCUT2D eigenvalue weighted by atomic mass is 16.5. The molecule has 2 aliphatic rings. The van der Waals surface area contributed by atoms with Gasteiger partial charge in [0.1, 0.15) is 23.5 Å². The molecule has 2 N–H and O–H groups in total. The predicted octanol–water partition coefficient (Wildman–Crippen LogP) is 3.22. The minimum absolute atomic E-state index is 0.255. The molecule has 2 atom stereocenters. The molecule has 2 aliphatic heterocycles. The summed E-state index contributed by atoms with van der Waals surface area (Å²) in [7, 11) is 0. The highest BCUT2D eigenvalue weighted by Gasteiger charge is 2.22. The maximum atomic E-state index is 11.2. The molecular formula is C23H26N2O4. The third-order valence-corrected chi connectivity index (χ3v) is 5.43. The number of ether oxygens (including phenoxy) is 2. The van der Waals surface area contributed by atoms with Gasteiger partial charge in [-0.15, -0.1) is 0 Å². The minimum atomic E-state index is -0.255. The summed E-state index contributed by atoms with van der Waals surface area (Å²) in [6.07, 6.45) is 6.11. The van der Waals surface area contributed by atoms with Crippen LogP contribution < -0.4 is 19.7 Å². The van der Waals surface area contributed by atoms with Gasteiger partial charge in [-0.25, -0.2) is 0 Å². The Morgan fingerprint density at radius 3 is 3.07 bits per heavy atom. The van der Waals surface area contributed by atoms with Crippen molar-refractivity contribution in [2.45, 2.75) is 24.8 Å². The third-order valence-electron chi connectivity index (χ3n) is 5.43. The molecule has 4 rings (SSSR count). The fourth-order valence-corrected chi connectivity index (χ4v) is 3.94. The molecule has 152 valence electrons. The number of anilines is 1. The summed E-state index contributed by atoms with van der Waals surface area (Å²) >= 11 is 0. The number of benzene rings is 2. The van der Waals surface area contributed by atoms with E-state index in [9.17, 15) is 9.90 Å². The van der Waals surface area contributed by atoms with Crippen molar-refractivity contribution in [2.24, 2.45) is 0 Å². The van der Waals surface area contributed by atoms with Gasteiger partial charge in [-0.1, -0.05) is 12.1 Å². The molecule has 2 heterocycles. The quantitative estimate of drug-likeness (QED) is 0.555. The largest absolute Gasteiger partial charge is 0.508 e. The van der Waals surface area contributed by atoms with Crippen molar-refractivity contribution in [2.75, 3.05) is 31.1 Å². The summed E-state index contributed by atoms with van der Waals surface area (Å²) in [4.78, 5) is 13.5. The summed E-state index contributed by atoms with van der Waals surface area (Å²) in [5.41, 5.74) is 1.92. The number of hydrogen-bond donors (Lipinski definition) is 2. The molecule has 0 aliphatic carbocycles. The number of allylic oxidation sites excluding steroid dienone is 1. The van der Waals surface area contributed by atoms with E-state index in [1.807, 2.05) is 36.4 Å². The van der Waals surface area contributed by atoms with Gasteiger partial charge in [-0.05, 0) is 37.1 Å². The zero-order chi connectivity index (χ0) is 20.1. The third kappa shape index (κ3) is 4.54. The van der Waals surface area contributed by atoms with Crippen LogP contribution in [0, 0.1) is 0 Å². The second-order valence-electron chi connectivity index (χ2n) is 7.37. The van der Waals surface area contributed by atoms with Gasteiger partial charge in [0.25, 0.3) is 0 Å². The number of nitrogens with zero attached hydrogens (tertiary/aromatic N) is 1. The zero-order valence-corrected chi connectivity index (χ0v) is 16.3. The van der Waals surface area contributed by atoms with E-state index in [0.717, 1.165) is 55.8 Å². The molecule has 1 fully saturated rings. The SMILES string of the molecule is O=CC1C=COc2cc(OCCCC3CNCCN3c3cccc(O)c3)ccc21. The number of hydrogen-bond acceptors (Lipinski definition) is 6. The maximum absolute atomic E-state index is 11.2. The lowest BCUT2D eigenvalue weighted by Crippen LogP contribution is -2.51. The molecule has 0 spiro atoms. The van der Waals surface area contributed by atoms with E-state index in [1.54, 1.807) is 18.4 Å². The number of aromatic hydroxyl groups is 1. The minimum Gasteiger partial charge on any atom is -0.508 e. The highest BCUT2D eigenvalue weighted by Crippen LogP contribution is 2.34. The van der Waals surface area contributed by atoms with Crippen LogP contribution in [0.25, 0.3) is 0 Å². The van der Waals surface area contributed by atoms with Crippen molar-refractivity contribution in [3.8, 4) is 17.2 Å². The number of rotatable bonds is 7. The molecule has 2 aromatic rings. The number of nitrogens with one attached hydrogen (secondary N) is 1. The second kappa shape index (κ2) is 9.01. The first-order chi connectivity index (χ1) is 14.2. The van der Waals surface area contributed by atoms with Gasteiger partial charge in [0, 0.05) is 49.1 Å². The lowest BCUT2D eigenvalue weighted by Gasteiger charge is -2.38. The van der Waals surface area contributed by atoms with Crippen molar-refractivity contribution in [3.05, 3.63) is 60.4 Å². The lowest BCUT2D eigenvalue weighted by atomic mass is 9.98. The zero-order valence-electron chi connectivity index (χ0n) is 16.3. The summed E-state index contributed by atoms with van der Waals surface area (Å²) in [5.74, 6) is 1.46. The Hall–Kier alpha value is -2.99. The van der Waals surface area contributed by atoms with E-state index in [0.29, 0.717) is 24.1 Å². The van der Waals surface area contributed by atoms with Crippen molar-refractivity contribution in [3.63, 3.8) is 0 Å². The average molecular weight is 394 g/mol. The topological polar surface area (TPSA) is 71.0 Å². The molecule has 6 nitrogen and oxygen atoms in total. The fourth-order valence-electron chi connectivity index (χ4n) is 3.94. The Morgan fingerprint density at radius 2 is 2.21 bits per heavy atom. The Labute approximate surface area is 170 Å². The van der Waals surface area contributed by atoms with Crippen LogP contribution in [0.15, 0.2) is 54.8 Å². The summed E-state index contributed by atoms with van der Waals surface area (Å²) in [6.45, 7) is 3.38. The number of fused-ring (bicyclic) bond motifs is 1. The molecule has 0 aromatic heterocycles. The molecule has 2 aromatic carbocycles. The maximum Gasteiger partial charge on any atom is 0.134 e. The normalized spacial score (nSPS) is 20.6. The van der Waals surface area contributed by atoms with Crippen LogP contribution in [-0.4, -0.2) is 43.7 Å². The average Bonchev–Trinajstić information content (AvgIpc) is 2.76. The van der Waals surface area contributed by atoms with Gasteiger partial charge in [-0.2, -0.15) is 0 Å². The van der Waals surface area contributed by atoms with Crippen LogP contribution in [0.2, 0.25) is 0 Å². The summed E-state index contributed by atoms with van der Waals surface area (Å²) in [6, 6.07) is 13.4. The number of phenolic OH excluding ortho intramolecular Hbond substituents is 1. The van der Waals surface area contributed by atoms with Gasteiger partial charge in [0.15, 0.2) is 0 Å². The first-order valence-corrected chi connectivity index (χ1v) is 10.1. The Morgan fingerprint density at radius 1 is 1.28 bits per heavy atom. The van der Waals surface area contributed by atoms with Crippen molar-refractivity contribution >= 4 is 12.0 Å². The van der Waals surface area contributed by atoms with Crippen molar-refractivity contribution in [1.29, 1.82) is 0 Å². The van der Waals surface area contributed by atoms with Crippen molar-refractivity contribution in [1.82, 2.24) is 5.32 Å². The number of piperazine rings is 1. The lowest BCUT2D eigenvalue weighted by molar-refractivity contribution is -0.108. The van der Waals surface area contributed by atoms with E-state index < -0.39 is 0 Å². The van der Waals surface area contributed by atoms with E-state index >= 15 is 0 Å². The smallest absolute Gasteiger partial charge is 0.134 e. The molecule has 1 saturated heterocycles. The van der Waals surface area contributed by atoms with Crippen LogP contribution in [0.3, 0.4) is 0 Å². The first-order valence-electron chi connectivity index (χ1n) is 10.1. The first kappa shape index (κ1) is 19.3. The Kier molecular flexibility index (Phi) is 6.00. The molecule has 0 amide bonds. The van der Waals surface area contributed by atoms with Crippen LogP contribution in [0.5, 0.6) is 17.2 Å². The number of phenols is 1. The van der Waals surface area contributed by atoms with Crippen LogP contribution in [0.4, 0.5) is 5.69 Å². The number of carbonyl (C=O) groups is 1. The van der Waals surface area contributed by atoms with Crippen LogP contribution >= 0.6 is 0 Å². The molecule has 6 heteroatoms. The number of carbonyl (C=O) groups excluding carboxylic acids is 1. The molecule has 0 bridgehead atoms. The summed E-state index contributed by atoms with van der Waals surface area (Å²) < 4.78 is 11.4. The number of aldehydes is 1. The van der Waals surface area contributed by atoms with E-state index in [2.05, 4.69) is 10.2 Å². The van der Waals surface area contributed by atoms with Gasteiger partial charge < -0.3 is 29.6 Å². The van der Waals surface area contributed by atoms with Gasteiger partial charge in [0.2, 0.25) is 0 Å². The van der Waals surface area contributed by atoms with Crippen LogP contribution in [0.1, 0.15) is 24.3 Å². The van der Waals surface area contributed by atoms with E-state index in [1.165, 1.54) is 0 Å². The molecular weight excluding hydrogens is 368 g/mol. The van der Waals surface area contributed by atoms with Crippen molar-refractivity contribution < 1.29 is 19.4 Å². The standard InChI is InChI=1S/C23H26N2O4/c26-16-17-8-12-29-23-14-21(6-7-22(17)23)28-11-2-4-19-15-24-9-10-25(19)18-3-1-5-20(27)13-18/h1,3,5-8,12-14,16-17,19,24,27H,2,4,9-11,15H2. The van der Waals surface area contributed by atoms with Gasteiger partial charge in [0.05, 0.1) is 18.8 Å². The monoisotopic (exact) mass is 394 g/mol. The molecule has 2 unspecified atom stereocenters. The Bertz CT molecular complexity index is 883. The molecule has 29 heavy (non-hydrogen) atoms. The second-order valence-corrected chi connectivity index (χ2v) is 7.37. The van der Waals surface area contributed by atoms with Gasteiger partial charge >= 0.3 is 0 Å². The molecule has 0 radical (unpaired) electrons. The predicted molar refractivity (Wildman–Crippen MR) is 112 cm³/mol. The van der Waals surface area contributed by atoms with E-state index in [4.69, 9.17) is 9.47 Å². The van der Waals surface area contributed by atoms with Gasteiger partial charge in [-0.3, -0.25) is 0 Å².